The first-order valence-corrected chi connectivity index (χ1v) is 10.2. The van der Waals surface area contributed by atoms with Gasteiger partial charge in [-0.1, -0.05) is 35.9 Å². The molecule has 0 radical (unpaired) electrons. The highest BCUT2D eigenvalue weighted by molar-refractivity contribution is 6.30. The predicted octanol–water partition coefficient (Wildman–Crippen LogP) is 0.266. The molecule has 0 saturated carbocycles. The van der Waals surface area contributed by atoms with Crippen LogP contribution in [0.25, 0.3) is 0 Å². The predicted molar refractivity (Wildman–Crippen MR) is 109 cm³/mol. The third-order valence-corrected chi connectivity index (χ3v) is 5.51. The van der Waals surface area contributed by atoms with Crippen LogP contribution in [0.1, 0.15) is 22.8 Å². The van der Waals surface area contributed by atoms with E-state index in [0.717, 1.165) is 37.7 Å². The van der Waals surface area contributed by atoms with Crippen LogP contribution in [0.3, 0.4) is 0 Å². The Balaban J connectivity index is 1.41. The van der Waals surface area contributed by atoms with E-state index in [4.69, 9.17) is 16.3 Å². The molecule has 28 heavy (non-hydrogen) atoms. The minimum atomic E-state index is -0.548. The molecule has 3 rings (SSSR count). The Bertz CT molecular complexity index is 774. The molecule has 0 bridgehead atoms. The fourth-order valence-corrected chi connectivity index (χ4v) is 3.82. The fourth-order valence-electron chi connectivity index (χ4n) is 3.69. The van der Waals surface area contributed by atoms with Gasteiger partial charge in [-0.2, -0.15) is 0 Å². The molecule has 1 atom stereocenters. The van der Waals surface area contributed by atoms with Gasteiger partial charge in [0.2, 0.25) is 0 Å². The van der Waals surface area contributed by atoms with Crippen LogP contribution in [0.15, 0.2) is 48.5 Å². The van der Waals surface area contributed by atoms with Crippen molar-refractivity contribution in [2.45, 2.75) is 19.6 Å². The highest BCUT2D eigenvalue weighted by Crippen LogP contribution is 2.18. The summed E-state index contributed by atoms with van der Waals surface area (Å²) in [7, 11) is 0. The zero-order chi connectivity index (χ0) is 19.9. The number of piperazine rings is 1. The second-order valence-electron chi connectivity index (χ2n) is 7.52. The van der Waals surface area contributed by atoms with Crippen LogP contribution < -0.4 is 14.5 Å². The van der Waals surface area contributed by atoms with Gasteiger partial charge in [-0.05, 0) is 31.2 Å². The van der Waals surface area contributed by atoms with Crippen molar-refractivity contribution in [3.63, 3.8) is 0 Å². The number of aliphatic hydroxyl groups excluding tert-OH is 1. The number of nitrogens with one attached hydrogen (secondary N) is 2. The maximum Gasteiger partial charge on any atom is 0.163 e. The Labute approximate surface area is 171 Å². The molecule has 2 aromatic carbocycles. The normalized spacial score (nSPS) is 20.5. The molecule has 150 valence electrons. The quantitative estimate of drug-likeness (QED) is 0.553. The number of ketones is 1. The monoisotopic (exact) mass is 404 g/mol. The van der Waals surface area contributed by atoms with E-state index in [1.54, 1.807) is 17.0 Å². The van der Waals surface area contributed by atoms with Crippen LogP contribution in [-0.2, 0) is 6.54 Å². The van der Waals surface area contributed by atoms with Gasteiger partial charge in [-0.25, -0.2) is 0 Å². The lowest BCUT2D eigenvalue weighted by Crippen LogP contribution is -3.28. The Hall–Kier alpha value is -1.92. The summed E-state index contributed by atoms with van der Waals surface area (Å²) in [6, 6.07) is 15.2. The van der Waals surface area contributed by atoms with Crippen molar-refractivity contribution in [1.82, 2.24) is 0 Å². The van der Waals surface area contributed by atoms with E-state index < -0.39 is 6.10 Å². The van der Waals surface area contributed by atoms with E-state index in [1.807, 2.05) is 24.3 Å². The molecule has 5 nitrogen and oxygen atoms in total. The summed E-state index contributed by atoms with van der Waals surface area (Å²) in [5.41, 5.74) is 1.86. The molecule has 1 aliphatic heterocycles. The molecule has 6 heteroatoms. The smallest absolute Gasteiger partial charge is 0.163 e. The molecule has 1 saturated heterocycles. The van der Waals surface area contributed by atoms with Crippen molar-refractivity contribution in [3.05, 3.63) is 64.7 Å². The van der Waals surface area contributed by atoms with E-state index in [-0.39, 0.29) is 12.4 Å². The average molecular weight is 405 g/mol. The van der Waals surface area contributed by atoms with Gasteiger partial charge < -0.3 is 19.6 Å². The van der Waals surface area contributed by atoms with Crippen molar-refractivity contribution in [2.75, 3.05) is 39.3 Å². The highest BCUT2D eigenvalue weighted by Gasteiger charge is 2.25. The van der Waals surface area contributed by atoms with Gasteiger partial charge in [-0.3, -0.25) is 4.79 Å². The molecule has 0 unspecified atom stereocenters. The Kier molecular flexibility index (Phi) is 7.45. The molecular weight excluding hydrogens is 376 g/mol. The third kappa shape index (κ3) is 6.04. The number of carbonyl (C=O) groups is 1. The number of hydrogen-bond donors (Lipinski definition) is 3. The van der Waals surface area contributed by atoms with Gasteiger partial charge in [0.1, 0.15) is 57.7 Å². The Morgan fingerprint density at radius 1 is 1.07 bits per heavy atom. The molecule has 0 spiro atoms. The van der Waals surface area contributed by atoms with Crippen LogP contribution in [0, 0.1) is 0 Å². The third-order valence-electron chi connectivity index (χ3n) is 5.25. The number of Topliss-reactive ketones (excluding diaryl/α,β-unsaturated/α-hetero) is 1. The first kappa shape index (κ1) is 20.8. The molecular formula is C22H29ClN2O3+2. The molecule has 1 heterocycles. The Morgan fingerprint density at radius 3 is 2.39 bits per heavy atom. The van der Waals surface area contributed by atoms with Crippen molar-refractivity contribution in [3.8, 4) is 5.75 Å². The molecule has 1 fully saturated rings. The lowest BCUT2D eigenvalue weighted by Gasteiger charge is -2.30. The van der Waals surface area contributed by atoms with Gasteiger partial charge in [0.05, 0.1) is 5.56 Å². The van der Waals surface area contributed by atoms with Gasteiger partial charge in [0.15, 0.2) is 5.78 Å². The van der Waals surface area contributed by atoms with Gasteiger partial charge >= 0.3 is 0 Å². The molecule has 0 amide bonds. The van der Waals surface area contributed by atoms with Crippen LogP contribution in [-0.4, -0.2) is 56.3 Å². The summed E-state index contributed by atoms with van der Waals surface area (Å²) in [6.45, 7) is 7.63. The molecule has 2 aromatic rings. The largest absolute Gasteiger partial charge is 0.490 e. The second-order valence-corrected chi connectivity index (χ2v) is 7.96. The summed E-state index contributed by atoms with van der Waals surface area (Å²) in [5, 5.41) is 11.1. The summed E-state index contributed by atoms with van der Waals surface area (Å²) in [4.78, 5) is 14.6. The molecule has 0 aliphatic carbocycles. The van der Waals surface area contributed by atoms with E-state index in [2.05, 4.69) is 12.1 Å². The van der Waals surface area contributed by atoms with Crippen molar-refractivity contribution < 1.29 is 24.4 Å². The molecule has 3 N–H and O–H groups in total. The minimum absolute atomic E-state index is 0.0319. The standard InChI is InChI=1S/C22H27ClN2O3/c1-17(26)21-4-2-3-5-22(21)28-16-20(27)15-25-12-10-24(11-13-25)14-18-6-8-19(23)9-7-18/h2-9,20,27H,10-16H2,1H3/p+2/t20-/m1/s1. The average Bonchev–Trinajstić information content (AvgIpc) is 2.70. The van der Waals surface area contributed by atoms with Crippen LogP contribution in [0.5, 0.6) is 5.75 Å². The van der Waals surface area contributed by atoms with Crippen molar-refractivity contribution in [2.24, 2.45) is 0 Å². The number of carbonyl (C=O) groups excluding carboxylic acids is 1. The van der Waals surface area contributed by atoms with Crippen LogP contribution >= 0.6 is 11.6 Å². The fraction of sp³-hybridized carbons (Fsp3) is 0.409. The van der Waals surface area contributed by atoms with Crippen LogP contribution in [0.2, 0.25) is 5.02 Å². The van der Waals surface area contributed by atoms with E-state index in [1.165, 1.54) is 17.4 Å². The minimum Gasteiger partial charge on any atom is -0.490 e. The number of ether oxygens (including phenoxy) is 1. The number of quaternary nitrogens is 2. The van der Waals surface area contributed by atoms with E-state index >= 15 is 0 Å². The Morgan fingerprint density at radius 2 is 1.71 bits per heavy atom. The summed E-state index contributed by atoms with van der Waals surface area (Å²) in [6.07, 6.45) is -0.548. The molecule has 1 aliphatic rings. The zero-order valence-corrected chi connectivity index (χ0v) is 17.0. The van der Waals surface area contributed by atoms with Crippen molar-refractivity contribution >= 4 is 17.4 Å². The number of hydrogen-bond acceptors (Lipinski definition) is 3. The highest BCUT2D eigenvalue weighted by atomic mass is 35.5. The number of para-hydroxylation sites is 1. The second kappa shape index (κ2) is 10.0. The SMILES string of the molecule is CC(=O)c1ccccc1OC[C@H](O)C[NH+]1CC[NH+](Cc2ccc(Cl)cc2)CC1. The maximum atomic E-state index is 11.7. The number of rotatable bonds is 8. The summed E-state index contributed by atoms with van der Waals surface area (Å²) < 4.78 is 5.71. The van der Waals surface area contributed by atoms with E-state index in [9.17, 15) is 9.90 Å². The lowest BCUT2D eigenvalue weighted by atomic mass is 10.1. The topological polar surface area (TPSA) is 55.4 Å². The van der Waals surface area contributed by atoms with Gasteiger partial charge in [0.25, 0.3) is 0 Å². The first-order chi connectivity index (χ1) is 13.5. The molecule has 0 aromatic heterocycles. The first-order valence-electron chi connectivity index (χ1n) is 9.83. The zero-order valence-electron chi connectivity index (χ0n) is 16.3. The summed E-state index contributed by atoms with van der Waals surface area (Å²) in [5.74, 6) is 0.511. The van der Waals surface area contributed by atoms with Crippen LogP contribution in [0.4, 0.5) is 0 Å². The summed E-state index contributed by atoms with van der Waals surface area (Å²) >= 11 is 5.95. The van der Waals surface area contributed by atoms with E-state index in [0.29, 0.717) is 17.9 Å². The maximum absolute atomic E-state index is 11.7. The number of aliphatic hydroxyl groups is 1. The van der Waals surface area contributed by atoms with Crippen molar-refractivity contribution in [1.29, 1.82) is 0 Å². The number of benzene rings is 2. The van der Waals surface area contributed by atoms with Gasteiger partial charge in [-0.15, -0.1) is 0 Å². The van der Waals surface area contributed by atoms with Gasteiger partial charge in [0, 0.05) is 10.6 Å². The lowest BCUT2D eigenvalue weighted by molar-refractivity contribution is -1.02. The number of halogens is 1.